The minimum Gasteiger partial charge on any atom is -0.387 e. The first-order chi connectivity index (χ1) is 13.0. The van der Waals surface area contributed by atoms with Gasteiger partial charge in [0.1, 0.15) is 24.1 Å². The van der Waals surface area contributed by atoms with E-state index in [2.05, 4.69) is 18.3 Å². The van der Waals surface area contributed by atoms with E-state index in [0.29, 0.717) is 4.43 Å². The smallest absolute Gasteiger partial charge is 0.387 e. The third-order valence-electron chi connectivity index (χ3n) is 3.40. The summed E-state index contributed by atoms with van der Waals surface area (Å²) in [6.07, 6.45) is -4.79. The average Bonchev–Trinajstić information content (AvgIpc) is 2.86. The van der Waals surface area contributed by atoms with E-state index in [0.717, 1.165) is 4.57 Å². The summed E-state index contributed by atoms with van der Waals surface area (Å²) in [5, 5.41) is 20.1. The van der Waals surface area contributed by atoms with Crippen molar-refractivity contribution in [3.8, 4) is 0 Å². The highest BCUT2D eigenvalue weighted by Gasteiger charge is 2.46. The van der Waals surface area contributed by atoms with Crippen LogP contribution in [0.3, 0.4) is 0 Å². The molecule has 28 heavy (non-hydrogen) atoms. The minimum absolute atomic E-state index is 0.0641. The third kappa shape index (κ3) is 6.27. The maximum Gasteiger partial charge on any atom is 0.481 e. The molecule has 6 atom stereocenters. The van der Waals surface area contributed by atoms with Gasteiger partial charge < -0.3 is 30.5 Å². The van der Waals surface area contributed by atoms with Crippen molar-refractivity contribution in [2.75, 3.05) is 23.4 Å². The zero-order valence-electron chi connectivity index (χ0n) is 14.0. The monoisotopic (exact) mass is 557 g/mol. The molecule has 160 valence electrons. The summed E-state index contributed by atoms with van der Waals surface area (Å²) >= 11 is 1.84. The molecule has 1 aromatic heterocycles. The lowest BCUT2D eigenvalue weighted by Gasteiger charge is -2.19. The van der Waals surface area contributed by atoms with Crippen LogP contribution in [0.4, 0.5) is 5.82 Å². The number of phosphoric acid groups is 2. The molecule has 2 heterocycles. The van der Waals surface area contributed by atoms with Gasteiger partial charge in [0.25, 0.3) is 0 Å². The normalized spacial score (nSPS) is 29.3. The van der Waals surface area contributed by atoms with E-state index in [9.17, 15) is 33.9 Å². The summed E-state index contributed by atoms with van der Waals surface area (Å²) < 4.78 is 42.8. The molecule has 2 unspecified atom stereocenters. The van der Waals surface area contributed by atoms with E-state index < -0.39 is 52.5 Å². The number of nitrogen functional groups attached to an aromatic ring is 1. The molecule has 1 aliphatic heterocycles. The maximum atomic E-state index is 11.8. The Morgan fingerprint density at radius 3 is 2.50 bits per heavy atom. The molecule has 0 aliphatic carbocycles. The SMILES string of the molecule is Nc1ccn([C@@H]2O[C@H](COP(=O)(O)OP(=O)(O)OCCI)[C@@H](O)[C@H]2O)c(=O)n1. The number of hydrogen-bond donors (Lipinski definition) is 5. The van der Waals surface area contributed by atoms with Crippen LogP contribution in [-0.2, 0) is 27.2 Å². The Morgan fingerprint density at radius 2 is 1.89 bits per heavy atom. The number of aliphatic hydroxyl groups is 2. The van der Waals surface area contributed by atoms with Crippen LogP contribution in [0.15, 0.2) is 17.1 Å². The summed E-state index contributed by atoms with van der Waals surface area (Å²) in [6.45, 7) is -1.02. The lowest BCUT2D eigenvalue weighted by atomic mass is 10.1. The molecule has 14 nitrogen and oxygen atoms in total. The zero-order chi connectivity index (χ0) is 21.1. The molecule has 0 radical (unpaired) electrons. The highest BCUT2D eigenvalue weighted by Crippen LogP contribution is 2.60. The predicted molar refractivity (Wildman–Crippen MR) is 100 cm³/mol. The molecule has 0 bridgehead atoms. The van der Waals surface area contributed by atoms with Crippen molar-refractivity contribution in [3.05, 3.63) is 22.7 Å². The Kier molecular flexibility index (Phi) is 8.15. The Hall–Kier alpha value is -0.450. The van der Waals surface area contributed by atoms with Crippen molar-refractivity contribution in [2.24, 2.45) is 0 Å². The second-order valence-electron chi connectivity index (χ2n) is 5.43. The highest BCUT2D eigenvalue weighted by molar-refractivity contribution is 14.1. The van der Waals surface area contributed by atoms with Crippen LogP contribution in [0.5, 0.6) is 0 Å². The highest BCUT2D eigenvalue weighted by atomic mass is 127. The number of phosphoric ester groups is 2. The maximum absolute atomic E-state index is 11.8. The van der Waals surface area contributed by atoms with Gasteiger partial charge in [-0.1, -0.05) is 22.6 Å². The molecule has 1 aromatic rings. The van der Waals surface area contributed by atoms with Crippen LogP contribution in [0, 0.1) is 0 Å². The first-order valence-corrected chi connectivity index (χ1v) is 12.1. The number of aliphatic hydroxyl groups excluding tert-OH is 2. The first kappa shape index (κ1) is 23.8. The first-order valence-electron chi connectivity index (χ1n) is 7.54. The molecular formula is C11H18IN3O11P2. The van der Waals surface area contributed by atoms with E-state index in [4.69, 9.17) is 10.5 Å². The fourth-order valence-corrected chi connectivity index (χ4v) is 4.86. The van der Waals surface area contributed by atoms with Crippen LogP contribution in [0.2, 0.25) is 0 Å². The zero-order valence-corrected chi connectivity index (χ0v) is 17.9. The molecule has 1 aliphatic rings. The van der Waals surface area contributed by atoms with Gasteiger partial charge in [0, 0.05) is 10.6 Å². The van der Waals surface area contributed by atoms with Gasteiger partial charge in [-0.3, -0.25) is 13.6 Å². The molecule has 0 aromatic carbocycles. The fourth-order valence-electron chi connectivity index (χ4n) is 2.21. The topological polar surface area (TPSA) is 213 Å². The van der Waals surface area contributed by atoms with Crippen molar-refractivity contribution in [3.63, 3.8) is 0 Å². The van der Waals surface area contributed by atoms with Gasteiger partial charge in [-0.2, -0.15) is 9.29 Å². The third-order valence-corrected chi connectivity index (χ3v) is 6.48. The van der Waals surface area contributed by atoms with Crippen LogP contribution >= 0.6 is 38.2 Å². The largest absolute Gasteiger partial charge is 0.481 e. The number of rotatable bonds is 9. The van der Waals surface area contributed by atoms with Crippen LogP contribution in [0.1, 0.15) is 6.23 Å². The predicted octanol–water partition coefficient (Wildman–Crippen LogP) is -0.870. The van der Waals surface area contributed by atoms with Crippen molar-refractivity contribution in [2.45, 2.75) is 24.5 Å². The molecule has 6 N–H and O–H groups in total. The lowest BCUT2D eigenvalue weighted by Crippen LogP contribution is -2.36. The van der Waals surface area contributed by atoms with Crippen LogP contribution in [0.25, 0.3) is 0 Å². The van der Waals surface area contributed by atoms with E-state index in [1.807, 2.05) is 22.6 Å². The van der Waals surface area contributed by atoms with Gasteiger partial charge in [0.15, 0.2) is 6.23 Å². The van der Waals surface area contributed by atoms with Crippen LogP contribution in [-0.4, -0.2) is 65.5 Å². The van der Waals surface area contributed by atoms with Gasteiger partial charge in [-0.25, -0.2) is 13.9 Å². The van der Waals surface area contributed by atoms with Crippen molar-refractivity contribution in [1.82, 2.24) is 9.55 Å². The Morgan fingerprint density at radius 1 is 1.25 bits per heavy atom. The summed E-state index contributed by atoms with van der Waals surface area (Å²) in [5.74, 6) is -0.0641. The second kappa shape index (κ2) is 9.57. The molecule has 0 spiro atoms. The standard InChI is InChI=1S/C11H18IN3O11P2/c12-2-4-23-27(19,20)26-28(21,22)24-5-6-8(16)9(17)10(25-6)15-3-1-7(13)14-11(15)18/h1,3,6,8-10,16-17H,2,4-5H2,(H,19,20)(H,21,22)(H2,13,14,18)/t6-,8-,9-,10-/m1/s1. The Labute approximate surface area is 171 Å². The van der Waals surface area contributed by atoms with E-state index in [-0.39, 0.29) is 12.4 Å². The summed E-state index contributed by atoms with van der Waals surface area (Å²) in [7, 11) is -9.92. The lowest BCUT2D eigenvalue weighted by molar-refractivity contribution is -0.0542. The molecule has 0 saturated carbocycles. The number of nitrogens with two attached hydrogens (primary N) is 1. The summed E-state index contributed by atoms with van der Waals surface area (Å²) in [6, 6.07) is 1.26. The molecule has 2 rings (SSSR count). The number of alkyl halides is 1. The van der Waals surface area contributed by atoms with E-state index >= 15 is 0 Å². The van der Waals surface area contributed by atoms with Gasteiger partial charge in [0.05, 0.1) is 13.2 Å². The molecular weight excluding hydrogens is 539 g/mol. The molecule has 17 heteroatoms. The quantitative estimate of drug-likeness (QED) is 0.142. The number of anilines is 1. The van der Waals surface area contributed by atoms with Crippen molar-refractivity contribution < 1.29 is 47.2 Å². The number of halogens is 1. The summed E-state index contributed by atoms with van der Waals surface area (Å²) in [4.78, 5) is 34.2. The average molecular weight is 557 g/mol. The molecule has 1 fully saturated rings. The second-order valence-corrected chi connectivity index (χ2v) is 9.55. The van der Waals surface area contributed by atoms with Crippen LogP contribution < -0.4 is 11.4 Å². The van der Waals surface area contributed by atoms with Crippen molar-refractivity contribution >= 4 is 44.1 Å². The van der Waals surface area contributed by atoms with E-state index in [1.54, 1.807) is 0 Å². The van der Waals surface area contributed by atoms with E-state index in [1.165, 1.54) is 12.3 Å². The molecule has 0 amide bonds. The number of hydrogen-bond acceptors (Lipinski definition) is 11. The fraction of sp³-hybridized carbons (Fsp3) is 0.636. The summed E-state index contributed by atoms with van der Waals surface area (Å²) in [5.41, 5.74) is 4.51. The van der Waals surface area contributed by atoms with Gasteiger partial charge in [0.2, 0.25) is 0 Å². The Balaban J connectivity index is 2.02. The number of ether oxygens (including phenoxy) is 1. The Bertz CT molecular complexity index is 838. The van der Waals surface area contributed by atoms with Gasteiger partial charge in [-0.05, 0) is 6.07 Å². The number of aromatic nitrogens is 2. The van der Waals surface area contributed by atoms with Gasteiger partial charge >= 0.3 is 21.3 Å². The van der Waals surface area contributed by atoms with Gasteiger partial charge in [-0.15, -0.1) is 0 Å². The minimum atomic E-state index is -5.07. The number of nitrogens with zero attached hydrogens (tertiary/aromatic N) is 2. The van der Waals surface area contributed by atoms with Crippen molar-refractivity contribution in [1.29, 1.82) is 0 Å². The molecule has 1 saturated heterocycles.